The first-order valence-corrected chi connectivity index (χ1v) is 8.95. The van der Waals surface area contributed by atoms with Gasteiger partial charge in [-0.05, 0) is 23.8 Å². The van der Waals surface area contributed by atoms with Gasteiger partial charge in [0.15, 0.2) is 5.65 Å². The fourth-order valence-corrected chi connectivity index (χ4v) is 3.22. The molecular weight excluding hydrogens is 415 g/mol. The minimum atomic E-state index is -4.80. The second-order valence-corrected chi connectivity index (χ2v) is 6.60. The third-order valence-electron chi connectivity index (χ3n) is 4.53. The number of hydrogen-bond donors (Lipinski definition) is 1. The Morgan fingerprint density at radius 2 is 2.00 bits per heavy atom. The molecule has 0 aliphatic rings. The highest BCUT2D eigenvalue weighted by Crippen LogP contribution is 2.26. The molecule has 5 rings (SSSR count). The van der Waals surface area contributed by atoms with Crippen LogP contribution < -0.4 is 10.4 Å². The molecule has 0 saturated heterocycles. The summed E-state index contributed by atoms with van der Waals surface area (Å²) in [7, 11) is 0. The maximum Gasteiger partial charge on any atom is 0.573 e. The number of halogens is 3. The van der Waals surface area contributed by atoms with Crippen LogP contribution in [-0.2, 0) is 6.54 Å². The highest BCUT2D eigenvalue weighted by atomic mass is 19.4. The van der Waals surface area contributed by atoms with Crippen molar-refractivity contribution in [3.05, 3.63) is 71.3 Å². The number of rotatable bonds is 4. The van der Waals surface area contributed by atoms with Crippen molar-refractivity contribution < 1.29 is 17.9 Å². The maximum atomic E-state index is 12.5. The Hall–Kier alpha value is -4.22. The molecule has 0 spiro atoms. The zero-order valence-corrected chi connectivity index (χ0v) is 15.5. The van der Waals surface area contributed by atoms with E-state index in [0.29, 0.717) is 16.7 Å². The normalized spacial score (nSPS) is 12.0. The zero-order valence-electron chi connectivity index (χ0n) is 15.5. The molecule has 12 heteroatoms. The monoisotopic (exact) mass is 427 g/mol. The van der Waals surface area contributed by atoms with E-state index in [-0.39, 0.29) is 29.4 Å². The van der Waals surface area contributed by atoms with Crippen LogP contribution in [0.3, 0.4) is 0 Å². The van der Waals surface area contributed by atoms with Crippen LogP contribution in [0.1, 0.15) is 5.56 Å². The molecular formula is C19H12F3N7O2. The molecule has 1 aromatic carbocycles. The first-order chi connectivity index (χ1) is 14.9. The summed E-state index contributed by atoms with van der Waals surface area (Å²) in [6, 6.07) is 7.39. The average molecular weight is 427 g/mol. The van der Waals surface area contributed by atoms with E-state index in [4.69, 9.17) is 0 Å². The molecule has 0 aliphatic heterocycles. The van der Waals surface area contributed by atoms with E-state index < -0.39 is 6.36 Å². The van der Waals surface area contributed by atoms with Crippen molar-refractivity contribution in [2.45, 2.75) is 12.9 Å². The number of aromatic amines is 1. The number of pyridine rings is 1. The molecule has 0 radical (unpaired) electrons. The van der Waals surface area contributed by atoms with E-state index in [0.717, 1.165) is 5.56 Å². The minimum Gasteiger partial charge on any atom is -0.406 e. The van der Waals surface area contributed by atoms with Gasteiger partial charge in [0.1, 0.15) is 17.6 Å². The second kappa shape index (κ2) is 6.93. The molecule has 0 aliphatic carbocycles. The van der Waals surface area contributed by atoms with Crippen LogP contribution in [0.2, 0.25) is 0 Å². The minimum absolute atomic E-state index is 0.207. The Kier molecular flexibility index (Phi) is 4.20. The van der Waals surface area contributed by atoms with E-state index in [2.05, 4.69) is 29.7 Å². The lowest BCUT2D eigenvalue weighted by molar-refractivity contribution is -0.274. The molecule has 31 heavy (non-hydrogen) atoms. The lowest BCUT2D eigenvalue weighted by atomic mass is 10.3. The van der Waals surface area contributed by atoms with Crippen LogP contribution in [0.4, 0.5) is 13.2 Å². The summed E-state index contributed by atoms with van der Waals surface area (Å²) in [6.07, 6.45) is 1.34. The number of fused-ring (bicyclic) bond motifs is 2. The van der Waals surface area contributed by atoms with E-state index in [1.165, 1.54) is 39.9 Å². The zero-order chi connectivity index (χ0) is 21.6. The summed E-state index contributed by atoms with van der Waals surface area (Å²) < 4.78 is 44.3. The summed E-state index contributed by atoms with van der Waals surface area (Å²) in [6.45, 7) is 0.256. The summed E-state index contributed by atoms with van der Waals surface area (Å²) >= 11 is 0. The van der Waals surface area contributed by atoms with Crippen molar-refractivity contribution >= 4 is 22.2 Å². The molecule has 5 aromatic rings. The molecule has 1 N–H and O–H groups in total. The first kappa shape index (κ1) is 18.8. The molecule has 4 heterocycles. The molecule has 0 saturated carbocycles. The van der Waals surface area contributed by atoms with Gasteiger partial charge in [0.25, 0.3) is 0 Å². The van der Waals surface area contributed by atoms with Crippen molar-refractivity contribution in [2.24, 2.45) is 0 Å². The summed E-state index contributed by atoms with van der Waals surface area (Å²) in [5.41, 5.74) is 2.03. The molecule has 4 aromatic heterocycles. The molecule has 9 nitrogen and oxygen atoms in total. The van der Waals surface area contributed by atoms with Gasteiger partial charge in [-0.2, -0.15) is 4.98 Å². The Bertz CT molecular complexity index is 1450. The fraction of sp³-hybridized carbons (Fsp3) is 0.105. The third-order valence-corrected chi connectivity index (χ3v) is 4.53. The number of alkyl halides is 3. The number of nitrogens with zero attached hydrogens (tertiary/aromatic N) is 6. The van der Waals surface area contributed by atoms with Gasteiger partial charge in [0, 0.05) is 18.5 Å². The van der Waals surface area contributed by atoms with E-state index in [1.807, 2.05) is 6.07 Å². The quantitative estimate of drug-likeness (QED) is 0.473. The van der Waals surface area contributed by atoms with Gasteiger partial charge >= 0.3 is 12.1 Å². The van der Waals surface area contributed by atoms with Gasteiger partial charge in [-0.3, -0.25) is 14.1 Å². The molecule has 0 fully saturated rings. The molecule has 156 valence electrons. The van der Waals surface area contributed by atoms with Crippen LogP contribution in [0.5, 0.6) is 5.75 Å². The van der Waals surface area contributed by atoms with Crippen molar-refractivity contribution in [1.82, 2.24) is 34.1 Å². The maximum absolute atomic E-state index is 12.5. The number of nitrogens with one attached hydrogen (secondary N) is 1. The summed E-state index contributed by atoms with van der Waals surface area (Å²) in [5.74, 6) is -0.170. The number of imidazole rings is 2. The molecule has 0 bridgehead atoms. The lowest BCUT2D eigenvalue weighted by Gasteiger charge is -2.08. The van der Waals surface area contributed by atoms with Crippen molar-refractivity contribution in [3.8, 4) is 11.7 Å². The Morgan fingerprint density at radius 1 is 1.13 bits per heavy atom. The highest BCUT2D eigenvalue weighted by molar-refractivity contribution is 5.79. The van der Waals surface area contributed by atoms with Crippen LogP contribution in [0.25, 0.3) is 28.1 Å². The van der Waals surface area contributed by atoms with Crippen LogP contribution >= 0.6 is 0 Å². The Morgan fingerprint density at radius 3 is 2.77 bits per heavy atom. The fourth-order valence-electron chi connectivity index (χ4n) is 3.22. The molecule has 0 amide bonds. The van der Waals surface area contributed by atoms with Gasteiger partial charge in [0.05, 0.1) is 23.8 Å². The number of aromatic nitrogens is 7. The lowest BCUT2D eigenvalue weighted by Crippen LogP contribution is -2.18. The van der Waals surface area contributed by atoms with Crippen molar-refractivity contribution in [1.29, 1.82) is 0 Å². The molecule has 0 atom stereocenters. The highest BCUT2D eigenvalue weighted by Gasteiger charge is 2.31. The van der Waals surface area contributed by atoms with Gasteiger partial charge in [-0.1, -0.05) is 6.07 Å². The van der Waals surface area contributed by atoms with E-state index >= 15 is 0 Å². The van der Waals surface area contributed by atoms with Crippen molar-refractivity contribution in [3.63, 3.8) is 0 Å². The van der Waals surface area contributed by atoms with Crippen LogP contribution in [-0.4, -0.2) is 40.4 Å². The Balaban J connectivity index is 1.57. The SMILES string of the molecule is O=c1[nH]c2cnc(-n3cnc4cc(OC(F)(F)F)ccc43)nc2n1Cc1cccnc1. The van der Waals surface area contributed by atoms with Gasteiger partial charge in [0.2, 0.25) is 5.95 Å². The van der Waals surface area contributed by atoms with Crippen LogP contribution in [0, 0.1) is 0 Å². The number of benzene rings is 1. The Labute approximate surface area is 170 Å². The predicted octanol–water partition coefficient (Wildman–Crippen LogP) is 2.80. The van der Waals surface area contributed by atoms with Gasteiger partial charge in [-0.15, -0.1) is 13.2 Å². The summed E-state index contributed by atoms with van der Waals surface area (Å²) in [5, 5.41) is 0. The predicted molar refractivity (Wildman–Crippen MR) is 103 cm³/mol. The topological polar surface area (TPSA) is 104 Å². The number of ether oxygens (including phenoxy) is 1. The third kappa shape index (κ3) is 3.58. The molecule has 0 unspecified atom stereocenters. The van der Waals surface area contributed by atoms with Crippen LogP contribution in [0.15, 0.2) is 60.0 Å². The van der Waals surface area contributed by atoms with E-state index in [9.17, 15) is 18.0 Å². The number of H-pyrrole nitrogens is 1. The van der Waals surface area contributed by atoms with Gasteiger partial charge < -0.3 is 9.72 Å². The first-order valence-electron chi connectivity index (χ1n) is 8.95. The average Bonchev–Trinajstić information content (AvgIpc) is 3.28. The van der Waals surface area contributed by atoms with Gasteiger partial charge in [-0.25, -0.2) is 14.8 Å². The second-order valence-electron chi connectivity index (χ2n) is 6.60. The smallest absolute Gasteiger partial charge is 0.406 e. The summed E-state index contributed by atoms with van der Waals surface area (Å²) in [4.78, 5) is 32.0. The largest absolute Gasteiger partial charge is 0.573 e. The van der Waals surface area contributed by atoms with E-state index in [1.54, 1.807) is 18.5 Å². The number of hydrogen-bond acceptors (Lipinski definition) is 6. The standard InChI is InChI=1S/C19H12F3N7O2/c20-19(21,22)31-12-3-4-15-13(6-12)25-10-29(15)17-24-8-14-16(27-17)28(18(30)26-14)9-11-2-1-5-23-7-11/h1-8,10H,9H2,(H,26,30). The van der Waals surface area contributed by atoms with Crippen molar-refractivity contribution in [2.75, 3.05) is 0 Å².